The molecular formula is C10H9N3O5S. The zero-order chi connectivity index (χ0) is 14.4. The third-order valence-electron chi connectivity index (χ3n) is 2.56. The van der Waals surface area contributed by atoms with Crippen molar-refractivity contribution in [1.82, 2.24) is 9.13 Å². The van der Waals surface area contributed by atoms with Crippen molar-refractivity contribution in [1.29, 1.82) is 5.26 Å². The highest BCUT2D eigenvalue weighted by atomic mass is 32.2. The lowest BCUT2D eigenvalue weighted by molar-refractivity contribution is 0.390. The van der Waals surface area contributed by atoms with Gasteiger partial charge in [0.05, 0.1) is 5.69 Å². The van der Waals surface area contributed by atoms with Gasteiger partial charge in [0.1, 0.15) is 11.8 Å². The molecule has 0 aliphatic carbocycles. The van der Waals surface area contributed by atoms with Crippen LogP contribution in [0, 0.1) is 32.1 Å². The molecule has 0 fully saturated rings. The molecule has 0 N–H and O–H groups in total. The van der Waals surface area contributed by atoms with Gasteiger partial charge in [-0.15, -0.1) is 0 Å². The summed E-state index contributed by atoms with van der Waals surface area (Å²) >= 11 is 0. The Morgan fingerprint density at radius 2 is 1.95 bits per heavy atom. The molecule has 2 heterocycles. The molecule has 2 aromatic heterocycles. The lowest BCUT2D eigenvalue weighted by atomic mass is 10.4. The molecule has 2 rings (SSSR count). The van der Waals surface area contributed by atoms with Crippen LogP contribution in [0.25, 0.3) is 0 Å². The maximum atomic E-state index is 12.4. The van der Waals surface area contributed by atoms with Crippen LogP contribution in [-0.4, -0.2) is 17.5 Å². The molecule has 0 saturated heterocycles. The number of aromatic nitrogens is 2. The molecule has 0 aliphatic heterocycles. The zero-order valence-corrected chi connectivity index (χ0v) is 11.1. The standard InChI is InChI=1S/C10H9N3O5S/c1-5-9(7(3)18-12-5)19(15,16)13-6(2)8(4-11)17-10(13)14/h1-3H3. The summed E-state index contributed by atoms with van der Waals surface area (Å²) in [5.74, 6) is -1.43. The van der Waals surface area contributed by atoms with Crippen molar-refractivity contribution in [3.05, 3.63) is 33.5 Å². The van der Waals surface area contributed by atoms with Crippen LogP contribution in [0.15, 0.2) is 18.6 Å². The summed E-state index contributed by atoms with van der Waals surface area (Å²) in [4.78, 5) is 11.4. The molecule has 2 aromatic rings. The van der Waals surface area contributed by atoms with Gasteiger partial charge in [-0.2, -0.15) is 9.23 Å². The summed E-state index contributed by atoms with van der Waals surface area (Å²) < 4.78 is 34.6. The number of nitrogens with zero attached hydrogens (tertiary/aromatic N) is 3. The molecule has 8 nitrogen and oxygen atoms in total. The van der Waals surface area contributed by atoms with E-state index in [1.165, 1.54) is 20.8 Å². The molecule has 9 heteroatoms. The van der Waals surface area contributed by atoms with Gasteiger partial charge in [0.25, 0.3) is 10.0 Å². The van der Waals surface area contributed by atoms with Crippen molar-refractivity contribution in [3.63, 3.8) is 0 Å². The van der Waals surface area contributed by atoms with Crippen LogP contribution in [0.1, 0.15) is 22.9 Å². The molecule has 0 unspecified atom stereocenters. The molecule has 0 radical (unpaired) electrons. The molecule has 0 atom stereocenters. The van der Waals surface area contributed by atoms with E-state index in [0.717, 1.165) is 0 Å². The maximum Gasteiger partial charge on any atom is 0.434 e. The van der Waals surface area contributed by atoms with E-state index in [2.05, 4.69) is 9.57 Å². The Labute approximate surface area is 107 Å². The largest absolute Gasteiger partial charge is 0.434 e. The van der Waals surface area contributed by atoms with Crippen molar-refractivity contribution in [2.45, 2.75) is 25.7 Å². The fraction of sp³-hybridized carbons (Fsp3) is 0.300. The van der Waals surface area contributed by atoms with E-state index in [-0.39, 0.29) is 27.8 Å². The van der Waals surface area contributed by atoms with Gasteiger partial charge in [-0.25, -0.2) is 13.2 Å². The highest BCUT2D eigenvalue weighted by Crippen LogP contribution is 2.22. The van der Waals surface area contributed by atoms with Crippen LogP contribution in [-0.2, 0) is 10.0 Å². The van der Waals surface area contributed by atoms with Crippen molar-refractivity contribution >= 4 is 10.0 Å². The minimum absolute atomic E-state index is 0.0588. The Hall–Kier alpha value is -2.34. The first-order valence-corrected chi connectivity index (χ1v) is 6.55. The van der Waals surface area contributed by atoms with Gasteiger partial charge in [0.2, 0.25) is 5.76 Å². The number of hydrogen-bond donors (Lipinski definition) is 0. The van der Waals surface area contributed by atoms with Crippen LogP contribution in [0.4, 0.5) is 0 Å². The van der Waals surface area contributed by atoms with Gasteiger partial charge in [0, 0.05) is 0 Å². The summed E-state index contributed by atoms with van der Waals surface area (Å²) in [7, 11) is -4.20. The first-order valence-electron chi connectivity index (χ1n) is 5.11. The number of oxazole rings is 1. The first-order chi connectivity index (χ1) is 8.80. The quantitative estimate of drug-likeness (QED) is 0.785. The SMILES string of the molecule is Cc1noc(C)c1S(=O)(=O)n1c(C)c(C#N)oc1=O. The predicted octanol–water partition coefficient (Wildman–Crippen LogP) is 0.463. The Morgan fingerprint density at radius 3 is 2.37 bits per heavy atom. The number of rotatable bonds is 2. The fourth-order valence-electron chi connectivity index (χ4n) is 1.75. The number of aryl methyl sites for hydroxylation is 2. The van der Waals surface area contributed by atoms with Crippen LogP contribution in [0.3, 0.4) is 0 Å². The van der Waals surface area contributed by atoms with Gasteiger partial charge in [-0.3, -0.25) is 0 Å². The van der Waals surface area contributed by atoms with E-state index in [9.17, 15) is 13.2 Å². The monoisotopic (exact) mass is 283 g/mol. The average Bonchev–Trinajstić information content (AvgIpc) is 2.79. The van der Waals surface area contributed by atoms with Crippen LogP contribution >= 0.6 is 0 Å². The van der Waals surface area contributed by atoms with Crippen molar-refractivity contribution < 1.29 is 17.4 Å². The summed E-state index contributed by atoms with van der Waals surface area (Å²) in [5, 5.41) is 12.3. The minimum Gasteiger partial charge on any atom is -0.396 e. The lowest BCUT2D eigenvalue weighted by Crippen LogP contribution is -2.25. The molecule has 0 saturated carbocycles. The second kappa shape index (κ2) is 4.10. The minimum atomic E-state index is -4.20. The normalized spacial score (nSPS) is 11.5. The Morgan fingerprint density at radius 1 is 1.32 bits per heavy atom. The molecule has 0 aliphatic rings. The summed E-state index contributed by atoms with van der Waals surface area (Å²) in [6.07, 6.45) is 0. The molecule has 0 aromatic carbocycles. The van der Waals surface area contributed by atoms with E-state index in [0.29, 0.717) is 3.97 Å². The predicted molar refractivity (Wildman–Crippen MR) is 61.0 cm³/mol. The third kappa shape index (κ3) is 1.77. The van der Waals surface area contributed by atoms with Gasteiger partial charge in [-0.1, -0.05) is 5.16 Å². The molecule has 0 amide bonds. The van der Waals surface area contributed by atoms with Crippen molar-refractivity contribution in [2.24, 2.45) is 0 Å². The summed E-state index contributed by atoms with van der Waals surface area (Å²) in [6.45, 7) is 4.16. The third-order valence-corrected chi connectivity index (χ3v) is 4.56. The lowest BCUT2D eigenvalue weighted by Gasteiger charge is -2.04. The zero-order valence-electron chi connectivity index (χ0n) is 10.3. The Kier molecular flexibility index (Phi) is 2.83. The maximum absolute atomic E-state index is 12.4. The molecule has 19 heavy (non-hydrogen) atoms. The van der Waals surface area contributed by atoms with E-state index >= 15 is 0 Å². The topological polar surface area (TPSA) is 119 Å². The molecule has 100 valence electrons. The smallest absolute Gasteiger partial charge is 0.396 e. The van der Waals surface area contributed by atoms with Crippen molar-refractivity contribution in [2.75, 3.05) is 0 Å². The van der Waals surface area contributed by atoms with E-state index in [1.807, 2.05) is 0 Å². The fourth-order valence-corrected chi connectivity index (χ4v) is 3.42. The van der Waals surface area contributed by atoms with Crippen LogP contribution in [0.2, 0.25) is 0 Å². The van der Waals surface area contributed by atoms with E-state index < -0.39 is 15.8 Å². The second-order valence-electron chi connectivity index (χ2n) is 3.82. The number of nitriles is 1. The number of hydrogen-bond acceptors (Lipinski definition) is 7. The van der Waals surface area contributed by atoms with E-state index in [4.69, 9.17) is 9.78 Å². The van der Waals surface area contributed by atoms with Gasteiger partial charge >= 0.3 is 5.76 Å². The highest BCUT2D eigenvalue weighted by molar-refractivity contribution is 7.90. The molecule has 0 bridgehead atoms. The van der Waals surface area contributed by atoms with E-state index in [1.54, 1.807) is 6.07 Å². The first kappa shape index (κ1) is 13.1. The highest BCUT2D eigenvalue weighted by Gasteiger charge is 2.31. The van der Waals surface area contributed by atoms with Crippen molar-refractivity contribution in [3.8, 4) is 6.07 Å². The van der Waals surface area contributed by atoms with Gasteiger partial charge in [-0.05, 0) is 20.8 Å². The molecule has 0 spiro atoms. The Balaban J connectivity index is 2.83. The van der Waals surface area contributed by atoms with Crippen LogP contribution < -0.4 is 5.76 Å². The average molecular weight is 283 g/mol. The molecular weight excluding hydrogens is 274 g/mol. The summed E-state index contributed by atoms with van der Waals surface area (Å²) in [5.41, 5.74) is 0.0380. The van der Waals surface area contributed by atoms with Gasteiger partial charge < -0.3 is 8.94 Å². The van der Waals surface area contributed by atoms with Crippen LogP contribution in [0.5, 0.6) is 0 Å². The summed E-state index contributed by atoms with van der Waals surface area (Å²) in [6, 6.07) is 1.61. The van der Waals surface area contributed by atoms with Gasteiger partial charge in [0.15, 0.2) is 10.7 Å². The Bertz CT molecular complexity index is 827. The second-order valence-corrected chi connectivity index (χ2v) is 5.54.